The van der Waals surface area contributed by atoms with Gasteiger partial charge in [-0.15, -0.1) is 0 Å². The number of aliphatic hydroxyl groups excluding tert-OH is 3. The van der Waals surface area contributed by atoms with Gasteiger partial charge in [0.1, 0.15) is 0 Å². The Kier molecular flexibility index (Phi) is 10.1. The third-order valence-corrected chi connectivity index (χ3v) is 3.32. The highest BCUT2D eigenvalue weighted by Crippen LogP contribution is 2.23. The predicted octanol–water partition coefficient (Wildman–Crippen LogP) is 3.41. The predicted molar refractivity (Wildman–Crippen MR) is 75.5 cm³/mol. The lowest BCUT2D eigenvalue weighted by Gasteiger charge is -2.20. The van der Waals surface area contributed by atoms with Gasteiger partial charge in [0.15, 0.2) is 0 Å². The summed E-state index contributed by atoms with van der Waals surface area (Å²) >= 11 is 0. The van der Waals surface area contributed by atoms with Crippen LogP contribution in [0.3, 0.4) is 0 Å². The molecule has 0 fully saturated rings. The monoisotopic (exact) mass is 258 g/mol. The second-order valence-corrected chi connectivity index (χ2v) is 5.73. The van der Waals surface area contributed by atoms with Crippen LogP contribution >= 0.6 is 0 Å². The van der Waals surface area contributed by atoms with Gasteiger partial charge >= 0.3 is 0 Å². The summed E-state index contributed by atoms with van der Waals surface area (Å²) in [6.45, 7) is 6.50. The minimum atomic E-state index is -0.242. The van der Waals surface area contributed by atoms with Crippen LogP contribution in [0.1, 0.15) is 59.3 Å². The number of hydrogen-bond acceptors (Lipinski definition) is 3. The Morgan fingerprint density at radius 3 is 2.33 bits per heavy atom. The molecule has 3 atom stereocenters. The van der Waals surface area contributed by atoms with Crippen LogP contribution in [0.4, 0.5) is 0 Å². The Hall–Kier alpha value is -0.540. The molecule has 0 saturated heterocycles. The molecule has 18 heavy (non-hydrogen) atoms. The molecular formula is C15H30O3. The molecule has 3 heteroatoms. The molecule has 0 saturated carbocycles. The summed E-state index contributed by atoms with van der Waals surface area (Å²) in [4.78, 5) is 0. The molecule has 108 valence electrons. The van der Waals surface area contributed by atoms with Crippen LogP contribution < -0.4 is 0 Å². The Labute approximate surface area is 112 Å². The maximum atomic E-state index is 9.85. The smallest absolute Gasteiger partial charge is 0.0780 e. The number of aliphatic hydroxyl groups is 3. The average Bonchev–Trinajstić information content (AvgIpc) is 2.28. The number of hydrogen-bond donors (Lipinski definition) is 3. The second kappa shape index (κ2) is 10.4. The molecule has 0 aromatic rings. The van der Waals surface area contributed by atoms with Crippen molar-refractivity contribution in [1.29, 1.82) is 0 Å². The Morgan fingerprint density at radius 1 is 1.11 bits per heavy atom. The van der Waals surface area contributed by atoms with Crippen molar-refractivity contribution in [2.24, 2.45) is 11.8 Å². The van der Waals surface area contributed by atoms with Crippen LogP contribution in [0, 0.1) is 11.8 Å². The zero-order valence-electron chi connectivity index (χ0n) is 12.1. The molecule has 3 nitrogen and oxygen atoms in total. The van der Waals surface area contributed by atoms with E-state index in [0.29, 0.717) is 11.8 Å². The SMILES string of the molecule is CC(=CO)CC(C)CC(C)CC(O)CCCCO. The maximum Gasteiger partial charge on any atom is 0.0780 e. The fourth-order valence-corrected chi connectivity index (χ4v) is 2.54. The summed E-state index contributed by atoms with van der Waals surface area (Å²) in [6, 6.07) is 0. The molecule has 0 rings (SSSR count). The van der Waals surface area contributed by atoms with Crippen molar-refractivity contribution in [3.05, 3.63) is 11.8 Å². The fourth-order valence-electron chi connectivity index (χ4n) is 2.54. The van der Waals surface area contributed by atoms with E-state index in [2.05, 4.69) is 13.8 Å². The third kappa shape index (κ3) is 9.49. The summed E-state index contributed by atoms with van der Waals surface area (Å²) in [5, 5.41) is 27.4. The van der Waals surface area contributed by atoms with Gasteiger partial charge in [-0.1, -0.05) is 13.8 Å². The molecule has 0 spiro atoms. The maximum absolute atomic E-state index is 9.85. The summed E-state index contributed by atoms with van der Waals surface area (Å²) in [7, 11) is 0. The van der Waals surface area contributed by atoms with E-state index in [4.69, 9.17) is 10.2 Å². The van der Waals surface area contributed by atoms with E-state index in [1.165, 1.54) is 6.26 Å². The van der Waals surface area contributed by atoms with Crippen LogP contribution in [-0.2, 0) is 0 Å². The van der Waals surface area contributed by atoms with Gasteiger partial charge in [0.25, 0.3) is 0 Å². The van der Waals surface area contributed by atoms with Crippen LogP contribution in [-0.4, -0.2) is 28.0 Å². The first-order chi connectivity index (χ1) is 8.49. The van der Waals surface area contributed by atoms with Gasteiger partial charge in [-0.25, -0.2) is 0 Å². The minimum Gasteiger partial charge on any atom is -0.516 e. The molecular weight excluding hydrogens is 228 g/mol. The average molecular weight is 258 g/mol. The molecule has 0 aromatic heterocycles. The number of unbranched alkanes of at least 4 members (excludes halogenated alkanes) is 1. The zero-order valence-corrected chi connectivity index (χ0v) is 12.1. The molecule has 3 unspecified atom stereocenters. The first-order valence-corrected chi connectivity index (χ1v) is 7.08. The summed E-state index contributed by atoms with van der Waals surface area (Å²) in [5.41, 5.74) is 1.01. The quantitative estimate of drug-likeness (QED) is 0.415. The molecule has 0 aliphatic carbocycles. The van der Waals surface area contributed by atoms with Gasteiger partial charge < -0.3 is 15.3 Å². The molecule has 0 aliphatic rings. The molecule has 0 aromatic carbocycles. The standard InChI is InChI=1S/C15H30O3/c1-12(9-14(3)11-17)8-13(2)10-15(18)6-4-5-7-16/h11-13,15-18H,4-10H2,1-3H3. The lowest BCUT2D eigenvalue weighted by atomic mass is 9.88. The molecule has 0 bridgehead atoms. The van der Waals surface area contributed by atoms with E-state index in [-0.39, 0.29) is 12.7 Å². The molecule has 0 aliphatic heterocycles. The summed E-state index contributed by atoms with van der Waals surface area (Å²) in [5.74, 6) is 1.03. The van der Waals surface area contributed by atoms with E-state index in [1.807, 2.05) is 6.92 Å². The Bertz CT molecular complexity index is 226. The van der Waals surface area contributed by atoms with E-state index in [1.54, 1.807) is 0 Å². The van der Waals surface area contributed by atoms with Gasteiger partial charge in [0.05, 0.1) is 12.4 Å². The minimum absolute atomic E-state index is 0.214. The van der Waals surface area contributed by atoms with Crippen molar-refractivity contribution in [1.82, 2.24) is 0 Å². The van der Waals surface area contributed by atoms with Crippen molar-refractivity contribution in [2.45, 2.75) is 65.4 Å². The van der Waals surface area contributed by atoms with Crippen molar-refractivity contribution >= 4 is 0 Å². The highest BCUT2D eigenvalue weighted by Gasteiger charge is 2.13. The highest BCUT2D eigenvalue weighted by atomic mass is 16.3. The largest absolute Gasteiger partial charge is 0.516 e. The van der Waals surface area contributed by atoms with Crippen molar-refractivity contribution in [3.8, 4) is 0 Å². The van der Waals surface area contributed by atoms with Crippen molar-refractivity contribution < 1.29 is 15.3 Å². The second-order valence-electron chi connectivity index (χ2n) is 5.73. The number of rotatable bonds is 10. The highest BCUT2D eigenvalue weighted by molar-refractivity contribution is 4.93. The first kappa shape index (κ1) is 17.5. The van der Waals surface area contributed by atoms with Gasteiger partial charge in [0.2, 0.25) is 0 Å². The topological polar surface area (TPSA) is 60.7 Å². The third-order valence-electron chi connectivity index (χ3n) is 3.32. The lowest BCUT2D eigenvalue weighted by Crippen LogP contribution is -2.14. The molecule has 3 N–H and O–H groups in total. The van der Waals surface area contributed by atoms with Gasteiger partial charge in [0, 0.05) is 6.61 Å². The van der Waals surface area contributed by atoms with Crippen LogP contribution in [0.5, 0.6) is 0 Å². The van der Waals surface area contributed by atoms with Gasteiger partial charge in [-0.3, -0.25) is 0 Å². The summed E-state index contributed by atoms with van der Waals surface area (Å²) < 4.78 is 0. The van der Waals surface area contributed by atoms with Crippen LogP contribution in [0.15, 0.2) is 11.8 Å². The van der Waals surface area contributed by atoms with E-state index in [9.17, 15) is 5.11 Å². The lowest BCUT2D eigenvalue weighted by molar-refractivity contribution is 0.125. The van der Waals surface area contributed by atoms with E-state index < -0.39 is 0 Å². The zero-order chi connectivity index (χ0) is 14.0. The van der Waals surface area contributed by atoms with Crippen molar-refractivity contribution in [3.63, 3.8) is 0 Å². The molecule has 0 heterocycles. The Morgan fingerprint density at radius 2 is 1.78 bits per heavy atom. The number of allylic oxidation sites excluding steroid dienone is 1. The molecule has 0 radical (unpaired) electrons. The summed E-state index contributed by atoms with van der Waals surface area (Å²) in [6.07, 6.45) is 6.23. The van der Waals surface area contributed by atoms with Gasteiger partial charge in [-0.05, 0) is 62.9 Å². The normalized spacial score (nSPS) is 17.5. The van der Waals surface area contributed by atoms with Crippen LogP contribution in [0.2, 0.25) is 0 Å². The fraction of sp³-hybridized carbons (Fsp3) is 0.867. The van der Waals surface area contributed by atoms with E-state index >= 15 is 0 Å². The van der Waals surface area contributed by atoms with Gasteiger partial charge in [-0.2, -0.15) is 0 Å². The van der Waals surface area contributed by atoms with Crippen molar-refractivity contribution in [2.75, 3.05) is 6.61 Å². The first-order valence-electron chi connectivity index (χ1n) is 7.08. The van der Waals surface area contributed by atoms with Crippen LogP contribution in [0.25, 0.3) is 0 Å². The Balaban J connectivity index is 3.77. The molecule has 0 amide bonds. The van der Waals surface area contributed by atoms with E-state index in [0.717, 1.165) is 44.1 Å².